The number of aliphatic hydroxyl groups is 22. The van der Waals surface area contributed by atoms with Crippen molar-refractivity contribution in [2.24, 2.45) is 50.2 Å². The average molecular weight is 1970 g/mol. The number of esters is 3. The van der Waals surface area contributed by atoms with Crippen molar-refractivity contribution >= 4 is 17.9 Å². The van der Waals surface area contributed by atoms with Crippen LogP contribution < -0.4 is 0 Å². The molecule has 782 valence electrons. The van der Waals surface area contributed by atoms with Gasteiger partial charge in [0.25, 0.3) is 0 Å². The van der Waals surface area contributed by atoms with Gasteiger partial charge in [0, 0.05) is 5.57 Å². The highest BCUT2D eigenvalue weighted by Crippen LogP contribution is 2.76. The molecule has 8 aliphatic heterocycles. The fourth-order valence-corrected chi connectivity index (χ4v) is 23.4. The Labute approximate surface area is 794 Å². The molecule has 0 aromatic carbocycles. The molecule has 8 saturated heterocycles. The largest absolute Gasteiger partial charge is 0.452 e. The maximum absolute atomic E-state index is 16.6. The molecule has 0 spiro atoms. The molecule has 5 aliphatic carbocycles. The van der Waals surface area contributed by atoms with E-state index < -0.39 is 347 Å². The van der Waals surface area contributed by atoms with Gasteiger partial charge in [0.2, 0.25) is 6.29 Å². The van der Waals surface area contributed by atoms with E-state index >= 15 is 4.79 Å². The molecule has 0 unspecified atom stereocenters. The number of ether oxygens (including phenoxy) is 18. The number of carbonyl (C=O) groups excluding carboxylic acids is 3. The van der Waals surface area contributed by atoms with Gasteiger partial charge in [-0.05, 0) is 163 Å². The Hall–Kier alpha value is -4.37. The van der Waals surface area contributed by atoms with Crippen molar-refractivity contribution in [2.45, 2.75) is 411 Å². The topological polar surface area (TPSA) is 662 Å². The fourth-order valence-electron chi connectivity index (χ4n) is 23.4. The number of rotatable bonds is 31. The maximum Gasteiger partial charge on any atom is 0.336 e. The lowest BCUT2D eigenvalue weighted by atomic mass is 9.33. The second-order valence-electron chi connectivity index (χ2n) is 42.6. The Kier molecular flexibility index (Phi) is 34.8. The van der Waals surface area contributed by atoms with Crippen LogP contribution in [0.3, 0.4) is 0 Å². The molecule has 0 amide bonds. The van der Waals surface area contributed by atoms with Gasteiger partial charge in [-0.25, -0.2) is 9.59 Å². The van der Waals surface area contributed by atoms with E-state index in [2.05, 4.69) is 67.7 Å². The van der Waals surface area contributed by atoms with Gasteiger partial charge < -0.3 is 198 Å². The standard InChI is InChI=1S/C94H148O43/c1-15-89(10,118)25-17-19-40(3)76(115)131-72-56(101)41(4)126-84(75(72)132-77(116)43(33-95)20-18-26-90(11,119)16-2)125-39-51-61(106)63(108)74(136-81-68(113)64(109)70(42(5)127-81)133-80-69(114)71(49(99)37-122-80)134-78-65(110)57(102)46(96)34-120-78)85(129-51)137-86(117)94-30-29-87(6,7)31-45(94)44-21-22-53-91(12)27-24-55(88(8,9)52(91)23-28-92(53,13)93(44,14)32-54(94)100)130-82-67(112)62(107)60(105)50(128-82)38-124-83-73(59(104)48(98)36-123-83)135-79-66(111)58(103)47(97)35-121-79/h15-16,19-21,41-42,45-75,78-85,95-114,118-119H,1-2,17-18,22-39H2,3-14H3/b40-19+,43-20+/t41-,42-,45-,46-,47-,48-,49-,50-,51-,52-,53-,54-,55-,56-,57+,58+,59+,60-,61-,62+,63+,64-,65-,66-,67-,68-,69-,70-,71+,72+,73-,74-,75-,78+,79+,80+,81+,82+,83+,84-,85+,89+,90+,91+,92-,93+,94-/m0/s1. The second-order valence-corrected chi connectivity index (χ2v) is 42.6. The third-order valence-corrected chi connectivity index (χ3v) is 32.4. The molecule has 43 heteroatoms. The summed E-state index contributed by atoms with van der Waals surface area (Å²) in [4.78, 5) is 45.0. The van der Waals surface area contributed by atoms with Gasteiger partial charge >= 0.3 is 17.9 Å². The third kappa shape index (κ3) is 22.1. The van der Waals surface area contributed by atoms with Crippen molar-refractivity contribution in [3.63, 3.8) is 0 Å². The van der Waals surface area contributed by atoms with Crippen molar-refractivity contribution in [1.29, 1.82) is 0 Å². The molecule has 13 rings (SSSR count). The lowest BCUT2D eigenvalue weighted by molar-refractivity contribution is -0.381. The number of fused-ring (bicyclic) bond motifs is 7. The Morgan fingerprint density at radius 3 is 1.55 bits per heavy atom. The van der Waals surface area contributed by atoms with Crippen LogP contribution in [-0.2, 0) is 99.6 Å². The summed E-state index contributed by atoms with van der Waals surface area (Å²) in [6.45, 7) is 24.8. The van der Waals surface area contributed by atoms with Gasteiger partial charge in [-0.1, -0.05) is 84.4 Å². The average Bonchev–Trinajstić information content (AvgIpc) is 0.668. The van der Waals surface area contributed by atoms with Crippen LogP contribution in [0, 0.1) is 50.2 Å². The third-order valence-electron chi connectivity index (χ3n) is 32.4. The SMILES string of the molecule is C=C[C@@](C)(O)CC/C=C(\C)C(=O)O[C@@H]1[C@@H](O)[C@H](C)O[C@H](OC[C@@H]2O[C@H](OC(=O)[C@@]34CCC(C)(C)C[C@H]3C3=CC[C@H]5[C@]6(C)CC[C@H](O[C@H]7O[C@@H](CO[C@H]8OC[C@H](O)[C@@H](O)[C@@H]8O[C@H]8OC[C@H](O)[C@@H](O)[C@@H]8O)[C@H](O)[C@@H](O)[C@@H]7O)C(C)(C)[C@@H]6CC[C@]5(C)[C@]3(C)C[C@@H]4O)[C@@H](O[C@H]3O[C@@H](C)[C@H](O[C@H]4OC[C@H](O)[C@@H](O[C@H]5OC[C@H](O)[C@@H](O)[C@@H]5O)[C@@H]4O)[C@@H](O)[C@@H]3O)[C@H](O)[C@H]2O)[C@H]1OC(=O)/C(=C/CC[C@](C)(O)C=C)CO. The molecule has 47 atom stereocenters. The Bertz CT molecular complexity index is 4190. The first-order valence-corrected chi connectivity index (χ1v) is 47.7. The molecular weight excluding hydrogens is 1820 g/mol. The van der Waals surface area contributed by atoms with Crippen molar-refractivity contribution in [1.82, 2.24) is 0 Å². The summed E-state index contributed by atoms with van der Waals surface area (Å²) < 4.78 is 109. The summed E-state index contributed by atoms with van der Waals surface area (Å²) in [7, 11) is 0. The van der Waals surface area contributed by atoms with Crippen LogP contribution in [0.25, 0.3) is 0 Å². The van der Waals surface area contributed by atoms with E-state index in [0.29, 0.717) is 44.9 Å². The minimum atomic E-state index is -2.28. The number of aliphatic hydroxyl groups excluding tert-OH is 20. The predicted molar refractivity (Wildman–Crippen MR) is 465 cm³/mol. The molecule has 22 N–H and O–H groups in total. The lowest BCUT2D eigenvalue weighted by Crippen LogP contribution is -2.69. The predicted octanol–water partition coefficient (Wildman–Crippen LogP) is -3.75. The van der Waals surface area contributed by atoms with Crippen molar-refractivity contribution in [3.8, 4) is 0 Å². The van der Waals surface area contributed by atoms with Crippen molar-refractivity contribution in [2.75, 3.05) is 46.2 Å². The highest BCUT2D eigenvalue weighted by atomic mass is 16.8. The summed E-state index contributed by atoms with van der Waals surface area (Å²) in [5.41, 5.74) is -7.15. The quantitative estimate of drug-likeness (QED) is 0.0104. The van der Waals surface area contributed by atoms with E-state index in [4.69, 9.17) is 85.3 Å². The van der Waals surface area contributed by atoms with Crippen LogP contribution in [0.1, 0.15) is 167 Å². The normalized spacial score (nSPS) is 48.3. The van der Waals surface area contributed by atoms with Gasteiger partial charge in [0.05, 0.1) is 87.4 Å². The van der Waals surface area contributed by atoms with Gasteiger partial charge in [-0.15, -0.1) is 13.2 Å². The van der Waals surface area contributed by atoms with Crippen molar-refractivity contribution in [3.05, 3.63) is 60.3 Å². The minimum Gasteiger partial charge on any atom is -0.452 e. The molecule has 0 radical (unpaired) electrons. The van der Waals surface area contributed by atoms with E-state index in [-0.39, 0.29) is 61.5 Å². The number of carbonyl (C=O) groups is 3. The molecular formula is C94H148O43. The van der Waals surface area contributed by atoms with Crippen molar-refractivity contribution < 1.29 is 212 Å². The minimum absolute atomic E-state index is 0.00705. The molecule has 13 aliphatic rings. The molecule has 137 heavy (non-hydrogen) atoms. The van der Waals surface area contributed by atoms with E-state index in [0.717, 1.165) is 5.57 Å². The zero-order valence-corrected chi connectivity index (χ0v) is 79.5. The molecule has 0 aromatic rings. The first kappa shape index (κ1) is 110. The molecule has 8 heterocycles. The zero-order valence-electron chi connectivity index (χ0n) is 79.5. The zero-order chi connectivity index (χ0) is 101. The maximum atomic E-state index is 16.6. The first-order chi connectivity index (χ1) is 64.1. The Morgan fingerprint density at radius 1 is 0.460 bits per heavy atom. The number of allylic oxidation sites excluding steroid dienone is 4. The summed E-state index contributed by atoms with van der Waals surface area (Å²) >= 11 is 0. The van der Waals surface area contributed by atoms with Gasteiger partial charge in [0.15, 0.2) is 62.3 Å². The van der Waals surface area contributed by atoms with Crippen LogP contribution in [0.5, 0.6) is 0 Å². The fraction of sp³-hybridized carbons (Fsp3) is 0.862. The smallest absolute Gasteiger partial charge is 0.336 e. The summed E-state index contributed by atoms with van der Waals surface area (Å²) in [6, 6.07) is 0. The highest BCUT2D eigenvalue weighted by molar-refractivity contribution is 5.89. The number of hydrogen-bond donors (Lipinski definition) is 22. The Morgan fingerprint density at radius 2 is 0.949 bits per heavy atom. The monoisotopic (exact) mass is 1960 g/mol. The van der Waals surface area contributed by atoms with E-state index in [1.165, 1.54) is 58.9 Å². The molecule has 0 aromatic heterocycles. The highest BCUT2D eigenvalue weighted by Gasteiger charge is 2.73. The van der Waals surface area contributed by atoms with Gasteiger partial charge in [-0.3, -0.25) is 4.79 Å². The molecule has 12 fully saturated rings. The number of hydrogen-bond acceptors (Lipinski definition) is 43. The summed E-state index contributed by atoms with van der Waals surface area (Å²) in [5.74, 6) is -4.27. The van der Waals surface area contributed by atoms with Gasteiger partial charge in [0.1, 0.15) is 146 Å². The lowest BCUT2D eigenvalue weighted by Gasteiger charge is -2.71. The molecule has 4 saturated carbocycles. The van der Waals surface area contributed by atoms with E-state index in [1.54, 1.807) is 0 Å². The molecule has 43 nitrogen and oxygen atoms in total. The van der Waals surface area contributed by atoms with Gasteiger partial charge in [-0.2, -0.15) is 0 Å². The van der Waals surface area contributed by atoms with Crippen LogP contribution in [0.4, 0.5) is 0 Å². The molecule has 0 bridgehead atoms. The Balaban J connectivity index is 0.767. The first-order valence-electron chi connectivity index (χ1n) is 47.7. The van der Waals surface area contributed by atoms with E-state index in [9.17, 15) is 122 Å². The van der Waals surface area contributed by atoms with Crippen LogP contribution >= 0.6 is 0 Å². The summed E-state index contributed by atoms with van der Waals surface area (Å²) in [5, 5.41) is 248. The second kappa shape index (κ2) is 43.3. The van der Waals surface area contributed by atoms with Crippen LogP contribution in [-0.4, -0.2) is 421 Å². The van der Waals surface area contributed by atoms with E-state index in [1.807, 2.05) is 0 Å². The van der Waals surface area contributed by atoms with Crippen LogP contribution in [0.15, 0.2) is 60.3 Å². The van der Waals surface area contributed by atoms with Crippen LogP contribution in [0.2, 0.25) is 0 Å². The summed E-state index contributed by atoms with van der Waals surface area (Å²) in [6.07, 6.45) is -54.9.